The fraction of sp³-hybridized carbons (Fsp3) is 0.217. The molecule has 3 aromatic carbocycles. The monoisotopic (exact) mass is 344 g/mol. The number of nitrogens with zero attached hydrogens (tertiary/aromatic N) is 1. The van der Waals surface area contributed by atoms with Crippen LogP contribution in [0.1, 0.15) is 11.1 Å². The Bertz CT molecular complexity index is 991. The minimum absolute atomic E-state index is 0.477. The van der Waals surface area contributed by atoms with Crippen molar-refractivity contribution >= 4 is 27.5 Å². The maximum atomic E-state index is 10.7. The van der Waals surface area contributed by atoms with Crippen molar-refractivity contribution in [1.29, 1.82) is 0 Å². The van der Waals surface area contributed by atoms with E-state index in [0.29, 0.717) is 13.1 Å². The van der Waals surface area contributed by atoms with E-state index in [1.54, 1.807) is 0 Å². The van der Waals surface area contributed by atoms with Crippen molar-refractivity contribution in [1.82, 2.24) is 4.57 Å². The summed E-state index contributed by atoms with van der Waals surface area (Å²) in [6.07, 6.45) is -0.477. The number of fused-ring (bicyclic) bond motifs is 3. The summed E-state index contributed by atoms with van der Waals surface area (Å²) in [5.74, 6) is 0. The molecule has 0 amide bonds. The molecule has 0 aliphatic carbocycles. The van der Waals surface area contributed by atoms with E-state index < -0.39 is 6.10 Å². The van der Waals surface area contributed by atoms with Crippen LogP contribution >= 0.6 is 0 Å². The standard InChI is InChI=1S/C23H24N2O/c1-16-11-17(2)13-18(12-16)24-14-19(26)15-25-22-9-5-3-7-20(22)21-8-4-6-10-23(21)25/h3-13,19,24,26H,14-15H2,1-2H3/t19-/m0/s1. The van der Waals surface area contributed by atoms with Crippen molar-refractivity contribution in [3.05, 3.63) is 77.9 Å². The number of rotatable bonds is 5. The van der Waals surface area contributed by atoms with Crippen molar-refractivity contribution in [3.63, 3.8) is 0 Å². The first kappa shape index (κ1) is 16.7. The summed E-state index contributed by atoms with van der Waals surface area (Å²) in [5, 5.41) is 16.5. The average Bonchev–Trinajstić information content (AvgIpc) is 2.94. The van der Waals surface area contributed by atoms with Crippen molar-refractivity contribution in [3.8, 4) is 0 Å². The minimum atomic E-state index is -0.477. The third kappa shape index (κ3) is 3.18. The molecule has 0 bridgehead atoms. The van der Waals surface area contributed by atoms with E-state index in [2.05, 4.69) is 90.5 Å². The number of para-hydroxylation sites is 2. The van der Waals surface area contributed by atoms with Crippen LogP contribution in [-0.2, 0) is 6.54 Å². The third-order valence-corrected chi connectivity index (χ3v) is 4.84. The maximum absolute atomic E-state index is 10.7. The zero-order chi connectivity index (χ0) is 18.1. The highest BCUT2D eigenvalue weighted by atomic mass is 16.3. The van der Waals surface area contributed by atoms with E-state index >= 15 is 0 Å². The number of aromatic nitrogens is 1. The molecule has 0 saturated heterocycles. The van der Waals surface area contributed by atoms with Crippen molar-refractivity contribution in [2.75, 3.05) is 11.9 Å². The van der Waals surface area contributed by atoms with Gasteiger partial charge in [-0.15, -0.1) is 0 Å². The smallest absolute Gasteiger partial charge is 0.0891 e. The molecule has 1 aromatic heterocycles. The molecule has 0 aliphatic heterocycles. The molecular formula is C23H24N2O. The molecule has 0 aliphatic rings. The van der Waals surface area contributed by atoms with Crippen LogP contribution in [0.25, 0.3) is 21.8 Å². The van der Waals surface area contributed by atoms with E-state index in [1.165, 1.54) is 32.9 Å². The lowest BCUT2D eigenvalue weighted by molar-refractivity contribution is 0.169. The van der Waals surface area contributed by atoms with Gasteiger partial charge in [-0.25, -0.2) is 0 Å². The largest absolute Gasteiger partial charge is 0.389 e. The van der Waals surface area contributed by atoms with Crippen molar-refractivity contribution in [2.24, 2.45) is 0 Å². The van der Waals surface area contributed by atoms with Gasteiger partial charge in [0.1, 0.15) is 0 Å². The van der Waals surface area contributed by atoms with Crippen LogP contribution in [0.5, 0.6) is 0 Å². The lowest BCUT2D eigenvalue weighted by Crippen LogP contribution is -2.24. The number of anilines is 1. The number of hydrogen-bond acceptors (Lipinski definition) is 2. The van der Waals surface area contributed by atoms with Gasteiger partial charge in [-0.2, -0.15) is 0 Å². The Labute approximate surface area is 153 Å². The zero-order valence-corrected chi connectivity index (χ0v) is 15.2. The van der Waals surface area contributed by atoms with Crippen LogP contribution in [0.15, 0.2) is 66.7 Å². The molecule has 3 heteroatoms. The maximum Gasteiger partial charge on any atom is 0.0891 e. The predicted molar refractivity (Wildman–Crippen MR) is 110 cm³/mol. The van der Waals surface area contributed by atoms with Gasteiger partial charge in [0.15, 0.2) is 0 Å². The van der Waals surface area contributed by atoms with Gasteiger partial charge in [-0.3, -0.25) is 0 Å². The summed E-state index contributed by atoms with van der Waals surface area (Å²) in [5.41, 5.74) is 5.84. The first-order chi connectivity index (χ1) is 12.6. The van der Waals surface area contributed by atoms with E-state index in [4.69, 9.17) is 0 Å². The van der Waals surface area contributed by atoms with Crippen LogP contribution in [0.4, 0.5) is 5.69 Å². The van der Waals surface area contributed by atoms with Crippen LogP contribution in [0.3, 0.4) is 0 Å². The molecular weight excluding hydrogens is 320 g/mol. The summed E-state index contributed by atoms with van der Waals surface area (Å²) in [6, 6.07) is 23.2. The van der Waals surface area contributed by atoms with E-state index in [9.17, 15) is 5.11 Å². The lowest BCUT2D eigenvalue weighted by Gasteiger charge is -2.16. The highest BCUT2D eigenvalue weighted by Crippen LogP contribution is 2.28. The van der Waals surface area contributed by atoms with Crippen LogP contribution in [0, 0.1) is 13.8 Å². The van der Waals surface area contributed by atoms with Crippen molar-refractivity contribution in [2.45, 2.75) is 26.5 Å². The van der Waals surface area contributed by atoms with E-state index in [0.717, 1.165) is 5.69 Å². The van der Waals surface area contributed by atoms with E-state index in [-0.39, 0.29) is 0 Å². The van der Waals surface area contributed by atoms with Crippen molar-refractivity contribution < 1.29 is 5.11 Å². The number of aryl methyl sites for hydroxylation is 2. The summed E-state index contributed by atoms with van der Waals surface area (Å²) in [4.78, 5) is 0. The molecule has 2 N–H and O–H groups in total. The van der Waals surface area contributed by atoms with Crippen LogP contribution in [0.2, 0.25) is 0 Å². The molecule has 0 saturated carbocycles. The molecule has 1 atom stereocenters. The molecule has 0 spiro atoms. The summed E-state index contributed by atoms with van der Waals surface area (Å²) < 4.78 is 2.22. The Kier molecular flexibility index (Phi) is 4.39. The Balaban J connectivity index is 1.58. The summed E-state index contributed by atoms with van der Waals surface area (Å²) >= 11 is 0. The van der Waals surface area contributed by atoms with Gasteiger partial charge in [-0.05, 0) is 49.2 Å². The number of hydrogen-bond donors (Lipinski definition) is 2. The van der Waals surface area contributed by atoms with Gasteiger partial charge in [0.2, 0.25) is 0 Å². The number of nitrogens with one attached hydrogen (secondary N) is 1. The molecule has 0 unspecified atom stereocenters. The molecule has 4 rings (SSSR count). The Morgan fingerprint density at radius 3 is 1.96 bits per heavy atom. The Morgan fingerprint density at radius 1 is 0.846 bits per heavy atom. The average molecular weight is 344 g/mol. The second-order valence-corrected chi connectivity index (χ2v) is 7.06. The molecule has 132 valence electrons. The Morgan fingerprint density at radius 2 is 1.38 bits per heavy atom. The Hall–Kier alpha value is -2.78. The van der Waals surface area contributed by atoms with Gasteiger partial charge < -0.3 is 15.0 Å². The number of aliphatic hydroxyl groups is 1. The van der Waals surface area contributed by atoms with Gasteiger partial charge in [0.05, 0.1) is 12.6 Å². The summed E-state index contributed by atoms with van der Waals surface area (Å²) in [6.45, 7) is 5.26. The first-order valence-electron chi connectivity index (χ1n) is 9.08. The molecule has 1 heterocycles. The minimum Gasteiger partial charge on any atom is -0.389 e. The van der Waals surface area contributed by atoms with Crippen LogP contribution < -0.4 is 5.32 Å². The fourth-order valence-electron chi connectivity index (χ4n) is 3.79. The van der Waals surface area contributed by atoms with Gasteiger partial charge in [0.25, 0.3) is 0 Å². The number of benzene rings is 3. The van der Waals surface area contributed by atoms with Gasteiger partial charge >= 0.3 is 0 Å². The van der Waals surface area contributed by atoms with Gasteiger partial charge in [-0.1, -0.05) is 42.5 Å². The number of aliphatic hydroxyl groups excluding tert-OH is 1. The highest BCUT2D eigenvalue weighted by Gasteiger charge is 2.13. The SMILES string of the molecule is Cc1cc(C)cc(NC[C@H](O)Cn2c3ccccc3c3ccccc32)c1. The predicted octanol–water partition coefficient (Wildman–Crippen LogP) is 4.88. The van der Waals surface area contributed by atoms with Gasteiger partial charge in [0, 0.05) is 34.0 Å². The first-order valence-corrected chi connectivity index (χ1v) is 9.08. The third-order valence-electron chi connectivity index (χ3n) is 4.84. The molecule has 3 nitrogen and oxygen atoms in total. The highest BCUT2D eigenvalue weighted by molar-refractivity contribution is 6.07. The zero-order valence-electron chi connectivity index (χ0n) is 15.2. The normalized spacial score (nSPS) is 12.6. The fourth-order valence-corrected chi connectivity index (χ4v) is 3.79. The molecule has 0 radical (unpaired) electrons. The second kappa shape index (κ2) is 6.85. The van der Waals surface area contributed by atoms with Crippen LogP contribution in [-0.4, -0.2) is 22.3 Å². The van der Waals surface area contributed by atoms with E-state index in [1.807, 2.05) is 0 Å². The molecule has 0 fully saturated rings. The quantitative estimate of drug-likeness (QED) is 0.541. The second-order valence-electron chi connectivity index (χ2n) is 7.06. The molecule has 4 aromatic rings. The molecule has 26 heavy (non-hydrogen) atoms. The summed E-state index contributed by atoms with van der Waals surface area (Å²) in [7, 11) is 0. The lowest BCUT2D eigenvalue weighted by atomic mass is 10.1. The topological polar surface area (TPSA) is 37.2 Å².